The first-order chi connectivity index (χ1) is 14.9. The zero-order valence-electron chi connectivity index (χ0n) is 18.4. The molecule has 160 valence electrons. The number of hydrogen-bond donors (Lipinski definition) is 1. The van der Waals surface area contributed by atoms with Gasteiger partial charge in [0, 0.05) is 17.5 Å². The molecule has 1 aromatic heterocycles. The zero-order chi connectivity index (χ0) is 22.1. The molecule has 2 heterocycles. The summed E-state index contributed by atoms with van der Waals surface area (Å²) in [5.74, 6) is 0.489. The summed E-state index contributed by atoms with van der Waals surface area (Å²) in [5, 5.41) is 7.61. The molecule has 2 aromatic carbocycles. The highest BCUT2D eigenvalue weighted by Gasteiger charge is 2.36. The fraction of sp³-hybridized carbons (Fsp3) is 0.320. The van der Waals surface area contributed by atoms with Crippen LogP contribution < -0.4 is 10.1 Å². The van der Waals surface area contributed by atoms with Crippen LogP contribution in [0.25, 0.3) is 5.69 Å². The standard InChI is InChI=1S/C25H27N3O3/c1-5-12-31-20-10-7-18(8-11-20)24(30)21-14-22(29)26-25-23(21)17(4)27-28(25)19-9-6-15(2)16(3)13-19/h6-11,13,21H,5,12,14H2,1-4H3,(H,26,29). The monoisotopic (exact) mass is 417 g/mol. The first-order valence-corrected chi connectivity index (χ1v) is 10.6. The summed E-state index contributed by atoms with van der Waals surface area (Å²) >= 11 is 0. The maximum Gasteiger partial charge on any atom is 0.226 e. The van der Waals surface area contributed by atoms with Gasteiger partial charge in [0.2, 0.25) is 5.91 Å². The quantitative estimate of drug-likeness (QED) is 0.579. The summed E-state index contributed by atoms with van der Waals surface area (Å²) in [5.41, 5.74) is 5.28. The second-order valence-electron chi connectivity index (χ2n) is 8.07. The minimum Gasteiger partial charge on any atom is -0.494 e. The number of carbonyl (C=O) groups is 2. The Morgan fingerprint density at radius 2 is 1.87 bits per heavy atom. The number of aryl methyl sites for hydroxylation is 3. The lowest BCUT2D eigenvalue weighted by Crippen LogP contribution is -2.28. The number of anilines is 1. The van der Waals surface area contributed by atoms with Crippen molar-refractivity contribution in [1.29, 1.82) is 0 Å². The van der Waals surface area contributed by atoms with E-state index < -0.39 is 5.92 Å². The fourth-order valence-corrected chi connectivity index (χ4v) is 3.95. The lowest BCUT2D eigenvalue weighted by atomic mass is 9.85. The highest BCUT2D eigenvalue weighted by atomic mass is 16.5. The Balaban J connectivity index is 1.70. The SMILES string of the molecule is CCCOc1ccc(C(=O)C2CC(=O)Nc3c2c(C)nn3-c2ccc(C)c(C)c2)cc1. The number of Topliss-reactive ketones (excluding diaryl/α,β-unsaturated/α-hetero) is 1. The van der Waals surface area contributed by atoms with E-state index in [1.54, 1.807) is 28.9 Å². The van der Waals surface area contributed by atoms with Crippen LogP contribution in [-0.2, 0) is 4.79 Å². The van der Waals surface area contributed by atoms with Crippen molar-refractivity contribution in [2.24, 2.45) is 0 Å². The largest absolute Gasteiger partial charge is 0.494 e. The number of fused-ring (bicyclic) bond motifs is 1. The molecule has 6 heteroatoms. The van der Waals surface area contributed by atoms with Gasteiger partial charge in [0.25, 0.3) is 0 Å². The van der Waals surface area contributed by atoms with Crippen LogP contribution in [0.4, 0.5) is 5.82 Å². The number of benzene rings is 2. The van der Waals surface area contributed by atoms with Crippen molar-refractivity contribution >= 4 is 17.5 Å². The normalized spacial score (nSPS) is 15.4. The molecule has 1 atom stereocenters. The molecule has 1 aliphatic rings. The average molecular weight is 418 g/mol. The predicted molar refractivity (Wildman–Crippen MR) is 120 cm³/mol. The Labute approximate surface area is 182 Å². The minimum atomic E-state index is -0.563. The van der Waals surface area contributed by atoms with Crippen molar-refractivity contribution in [1.82, 2.24) is 9.78 Å². The lowest BCUT2D eigenvalue weighted by Gasteiger charge is -2.23. The number of ether oxygens (including phenoxy) is 1. The Hall–Kier alpha value is -3.41. The third kappa shape index (κ3) is 3.98. The fourth-order valence-electron chi connectivity index (χ4n) is 3.95. The molecule has 0 spiro atoms. The second kappa shape index (κ2) is 8.38. The first-order valence-electron chi connectivity index (χ1n) is 10.6. The summed E-state index contributed by atoms with van der Waals surface area (Å²) in [6.07, 6.45) is 1.03. The van der Waals surface area contributed by atoms with Gasteiger partial charge >= 0.3 is 0 Å². The Bertz CT molecular complexity index is 1150. The number of carbonyl (C=O) groups excluding carboxylic acids is 2. The van der Waals surface area contributed by atoms with E-state index >= 15 is 0 Å². The summed E-state index contributed by atoms with van der Waals surface area (Å²) < 4.78 is 7.34. The molecule has 1 amide bonds. The molecule has 1 aliphatic heterocycles. The maximum atomic E-state index is 13.4. The van der Waals surface area contributed by atoms with Gasteiger partial charge in [-0.25, -0.2) is 4.68 Å². The topological polar surface area (TPSA) is 73.2 Å². The second-order valence-corrected chi connectivity index (χ2v) is 8.07. The highest BCUT2D eigenvalue weighted by molar-refractivity contribution is 6.08. The van der Waals surface area contributed by atoms with E-state index in [4.69, 9.17) is 4.74 Å². The first kappa shape index (κ1) is 20.8. The van der Waals surface area contributed by atoms with Crippen LogP contribution in [0.5, 0.6) is 5.75 Å². The number of nitrogens with one attached hydrogen (secondary N) is 1. The van der Waals surface area contributed by atoms with Crippen LogP contribution in [-0.4, -0.2) is 28.1 Å². The number of hydrogen-bond acceptors (Lipinski definition) is 4. The van der Waals surface area contributed by atoms with Crippen LogP contribution >= 0.6 is 0 Å². The molecule has 6 nitrogen and oxygen atoms in total. The molecule has 0 fully saturated rings. The number of rotatable bonds is 6. The van der Waals surface area contributed by atoms with Crippen LogP contribution in [0.1, 0.15) is 58.4 Å². The summed E-state index contributed by atoms with van der Waals surface area (Å²) in [4.78, 5) is 25.9. The van der Waals surface area contributed by atoms with Crippen molar-refractivity contribution in [3.63, 3.8) is 0 Å². The molecule has 0 saturated heterocycles. The molecule has 31 heavy (non-hydrogen) atoms. The Morgan fingerprint density at radius 3 is 2.55 bits per heavy atom. The molecule has 4 rings (SSSR count). The molecule has 1 N–H and O–H groups in total. The van der Waals surface area contributed by atoms with Gasteiger partial charge in [0.1, 0.15) is 11.6 Å². The average Bonchev–Trinajstić information content (AvgIpc) is 3.09. The Kier molecular flexibility index (Phi) is 5.63. The van der Waals surface area contributed by atoms with E-state index in [1.165, 1.54) is 5.56 Å². The van der Waals surface area contributed by atoms with Gasteiger partial charge in [-0.05, 0) is 74.7 Å². The zero-order valence-corrected chi connectivity index (χ0v) is 18.4. The number of nitrogens with zero attached hydrogens (tertiary/aromatic N) is 2. The van der Waals surface area contributed by atoms with Gasteiger partial charge in [0.05, 0.1) is 23.9 Å². The molecule has 1 unspecified atom stereocenters. The van der Waals surface area contributed by atoms with Gasteiger partial charge in [-0.1, -0.05) is 13.0 Å². The van der Waals surface area contributed by atoms with Gasteiger partial charge in [-0.2, -0.15) is 5.10 Å². The minimum absolute atomic E-state index is 0.0825. The van der Waals surface area contributed by atoms with Gasteiger partial charge in [0.15, 0.2) is 5.78 Å². The van der Waals surface area contributed by atoms with Gasteiger partial charge in [-0.15, -0.1) is 0 Å². The smallest absolute Gasteiger partial charge is 0.226 e. The summed E-state index contributed by atoms with van der Waals surface area (Å²) in [7, 11) is 0. The van der Waals surface area contributed by atoms with Crippen molar-refractivity contribution in [3.8, 4) is 11.4 Å². The number of aromatic nitrogens is 2. The summed E-state index contributed by atoms with van der Waals surface area (Å²) in [6, 6.07) is 13.2. The van der Waals surface area contributed by atoms with Gasteiger partial charge < -0.3 is 10.1 Å². The van der Waals surface area contributed by atoms with Crippen molar-refractivity contribution in [2.45, 2.75) is 46.5 Å². The number of amides is 1. The molecular weight excluding hydrogens is 390 g/mol. The van der Waals surface area contributed by atoms with Crippen LogP contribution in [0, 0.1) is 20.8 Å². The van der Waals surface area contributed by atoms with Crippen molar-refractivity contribution in [2.75, 3.05) is 11.9 Å². The molecule has 0 radical (unpaired) electrons. The molecule has 3 aromatic rings. The maximum absolute atomic E-state index is 13.4. The van der Waals surface area contributed by atoms with Crippen molar-refractivity contribution in [3.05, 3.63) is 70.4 Å². The Morgan fingerprint density at radius 1 is 1.13 bits per heavy atom. The van der Waals surface area contributed by atoms with Crippen LogP contribution in [0.15, 0.2) is 42.5 Å². The van der Waals surface area contributed by atoms with E-state index in [0.29, 0.717) is 18.0 Å². The molecule has 0 aliphatic carbocycles. The van der Waals surface area contributed by atoms with E-state index in [0.717, 1.165) is 34.7 Å². The molecule has 0 bridgehead atoms. The van der Waals surface area contributed by atoms with Crippen molar-refractivity contribution < 1.29 is 14.3 Å². The molecule has 0 saturated carbocycles. The van der Waals surface area contributed by atoms with Crippen LogP contribution in [0.2, 0.25) is 0 Å². The highest BCUT2D eigenvalue weighted by Crippen LogP contribution is 2.38. The predicted octanol–water partition coefficient (Wildman–Crippen LogP) is 4.90. The van der Waals surface area contributed by atoms with E-state index in [-0.39, 0.29) is 18.1 Å². The lowest BCUT2D eigenvalue weighted by molar-refractivity contribution is -0.116. The third-order valence-electron chi connectivity index (χ3n) is 5.77. The third-order valence-corrected chi connectivity index (χ3v) is 5.77. The van der Waals surface area contributed by atoms with E-state index in [1.807, 2.05) is 39.0 Å². The van der Waals surface area contributed by atoms with E-state index in [9.17, 15) is 9.59 Å². The van der Waals surface area contributed by atoms with E-state index in [2.05, 4.69) is 17.3 Å². The molecular formula is C25H27N3O3. The summed E-state index contributed by atoms with van der Waals surface area (Å²) in [6.45, 7) is 8.66. The van der Waals surface area contributed by atoms with Crippen LogP contribution in [0.3, 0.4) is 0 Å². The van der Waals surface area contributed by atoms with Gasteiger partial charge in [-0.3, -0.25) is 9.59 Å². The number of ketones is 1.